The van der Waals surface area contributed by atoms with Crippen LogP contribution in [0.3, 0.4) is 0 Å². The van der Waals surface area contributed by atoms with Crippen LogP contribution in [0.25, 0.3) is 0 Å². The first kappa shape index (κ1) is 8.22. The zero-order chi connectivity index (χ0) is 7.44. The smallest absolute Gasteiger partial charge is 0.0395 e. The van der Waals surface area contributed by atoms with Gasteiger partial charge in [-0.15, -0.1) is 0 Å². The maximum atomic E-state index is 3.80. The van der Waals surface area contributed by atoms with E-state index < -0.39 is 0 Å². The summed E-state index contributed by atoms with van der Waals surface area (Å²) in [6, 6.07) is 0. The number of rotatable bonds is 2. The lowest BCUT2D eigenvalue weighted by molar-refractivity contribution is 1.34. The molecule has 0 heteroatoms. The predicted octanol–water partition coefficient (Wildman–Crippen LogP) is 3.08. The number of hydrogen-bond acceptors (Lipinski definition) is 0. The quantitative estimate of drug-likeness (QED) is 0.494. The average Bonchev–Trinajstić information content (AvgIpc) is 1.63. The van der Waals surface area contributed by atoms with Gasteiger partial charge in [-0.2, -0.15) is 0 Å². The summed E-state index contributed by atoms with van der Waals surface area (Å²) in [6.45, 7) is 13.6. The first-order valence-electron chi connectivity index (χ1n) is 3.03. The Hall–Kier alpha value is -0.780. The third-order valence-corrected chi connectivity index (χ3v) is 1.14. The van der Waals surface area contributed by atoms with E-state index in [-0.39, 0.29) is 0 Å². The topological polar surface area (TPSA) is 0 Å². The standard InChI is InChI=1S/C9H14/c1-7(2)6-9(5)8(3)4/h6H,1,3H2,2,4-5H3/b9-6-. The molecule has 0 heterocycles. The van der Waals surface area contributed by atoms with Crippen LogP contribution in [0.15, 0.2) is 36.0 Å². The molecule has 0 atom stereocenters. The van der Waals surface area contributed by atoms with E-state index in [0.717, 1.165) is 11.1 Å². The summed E-state index contributed by atoms with van der Waals surface area (Å²) in [7, 11) is 0. The van der Waals surface area contributed by atoms with Crippen molar-refractivity contribution in [2.24, 2.45) is 0 Å². The third kappa shape index (κ3) is 3.77. The van der Waals surface area contributed by atoms with Gasteiger partial charge < -0.3 is 0 Å². The Kier molecular flexibility index (Phi) is 3.00. The molecule has 0 radical (unpaired) electrons. The van der Waals surface area contributed by atoms with Crippen LogP contribution < -0.4 is 0 Å². The van der Waals surface area contributed by atoms with Crippen molar-refractivity contribution in [3.63, 3.8) is 0 Å². The fourth-order valence-corrected chi connectivity index (χ4v) is 0.493. The Labute approximate surface area is 57.6 Å². The highest BCUT2D eigenvalue weighted by Gasteiger charge is 1.86. The molecule has 0 aliphatic rings. The Bertz CT molecular complexity index is 159. The van der Waals surface area contributed by atoms with Gasteiger partial charge in [-0.05, 0) is 26.3 Å². The van der Waals surface area contributed by atoms with Gasteiger partial charge in [0, 0.05) is 0 Å². The number of hydrogen-bond donors (Lipinski definition) is 0. The van der Waals surface area contributed by atoms with Crippen molar-refractivity contribution in [3.05, 3.63) is 36.0 Å². The van der Waals surface area contributed by atoms with Crippen LogP contribution in [0.5, 0.6) is 0 Å². The fourth-order valence-electron chi connectivity index (χ4n) is 0.493. The van der Waals surface area contributed by atoms with E-state index in [2.05, 4.69) is 13.2 Å². The minimum Gasteiger partial charge on any atom is -0.0961 e. The second-order valence-electron chi connectivity index (χ2n) is 2.45. The van der Waals surface area contributed by atoms with Crippen LogP contribution >= 0.6 is 0 Å². The van der Waals surface area contributed by atoms with Gasteiger partial charge in [0.1, 0.15) is 0 Å². The molecule has 0 aliphatic carbocycles. The van der Waals surface area contributed by atoms with Crippen LogP contribution in [0.1, 0.15) is 20.8 Å². The Morgan fingerprint density at radius 3 is 1.67 bits per heavy atom. The minimum absolute atomic E-state index is 1.08. The summed E-state index contributed by atoms with van der Waals surface area (Å²) in [4.78, 5) is 0. The summed E-state index contributed by atoms with van der Waals surface area (Å²) in [5.74, 6) is 0. The van der Waals surface area contributed by atoms with Crippen molar-refractivity contribution in [2.75, 3.05) is 0 Å². The molecular weight excluding hydrogens is 108 g/mol. The highest BCUT2D eigenvalue weighted by molar-refractivity contribution is 5.30. The molecule has 0 fully saturated rings. The van der Waals surface area contributed by atoms with Gasteiger partial charge in [0.15, 0.2) is 0 Å². The van der Waals surface area contributed by atoms with E-state index in [1.807, 2.05) is 26.8 Å². The minimum atomic E-state index is 1.08. The molecule has 50 valence electrons. The molecule has 9 heavy (non-hydrogen) atoms. The summed E-state index contributed by atoms with van der Waals surface area (Å²) in [6.07, 6.45) is 2.03. The van der Waals surface area contributed by atoms with Crippen LogP contribution in [-0.4, -0.2) is 0 Å². The van der Waals surface area contributed by atoms with Crippen LogP contribution in [0, 0.1) is 0 Å². The Morgan fingerprint density at radius 2 is 1.56 bits per heavy atom. The largest absolute Gasteiger partial charge is 0.0961 e. The van der Waals surface area contributed by atoms with E-state index in [1.165, 1.54) is 5.57 Å². The first-order valence-corrected chi connectivity index (χ1v) is 3.03. The van der Waals surface area contributed by atoms with Crippen molar-refractivity contribution in [3.8, 4) is 0 Å². The second kappa shape index (κ2) is 3.29. The molecule has 0 saturated carbocycles. The van der Waals surface area contributed by atoms with Gasteiger partial charge in [0.25, 0.3) is 0 Å². The highest BCUT2D eigenvalue weighted by atomic mass is 13.9. The van der Waals surface area contributed by atoms with Crippen molar-refractivity contribution < 1.29 is 0 Å². The zero-order valence-corrected chi connectivity index (χ0v) is 6.49. The van der Waals surface area contributed by atoms with E-state index in [9.17, 15) is 0 Å². The van der Waals surface area contributed by atoms with Crippen LogP contribution in [0.2, 0.25) is 0 Å². The highest BCUT2D eigenvalue weighted by Crippen LogP contribution is 2.07. The van der Waals surface area contributed by atoms with Crippen molar-refractivity contribution in [1.29, 1.82) is 0 Å². The Morgan fingerprint density at radius 1 is 1.11 bits per heavy atom. The molecule has 0 nitrogen and oxygen atoms in total. The van der Waals surface area contributed by atoms with Crippen LogP contribution in [0.4, 0.5) is 0 Å². The maximum absolute atomic E-state index is 3.80. The second-order valence-corrected chi connectivity index (χ2v) is 2.45. The molecule has 0 aromatic heterocycles. The monoisotopic (exact) mass is 122 g/mol. The molecule has 0 bridgehead atoms. The van der Waals surface area contributed by atoms with Gasteiger partial charge in [-0.1, -0.05) is 30.4 Å². The lowest BCUT2D eigenvalue weighted by Gasteiger charge is -1.96. The predicted molar refractivity (Wildman–Crippen MR) is 43.4 cm³/mol. The van der Waals surface area contributed by atoms with Gasteiger partial charge in [0.05, 0.1) is 0 Å². The molecule has 0 saturated heterocycles. The lowest BCUT2D eigenvalue weighted by atomic mass is 10.1. The van der Waals surface area contributed by atoms with Crippen LogP contribution in [-0.2, 0) is 0 Å². The van der Waals surface area contributed by atoms with E-state index in [4.69, 9.17) is 0 Å². The molecule has 0 amide bonds. The van der Waals surface area contributed by atoms with E-state index in [1.54, 1.807) is 0 Å². The van der Waals surface area contributed by atoms with Crippen molar-refractivity contribution in [1.82, 2.24) is 0 Å². The van der Waals surface area contributed by atoms with Gasteiger partial charge in [0.2, 0.25) is 0 Å². The normalized spacial score (nSPS) is 11.2. The molecule has 0 unspecified atom stereocenters. The van der Waals surface area contributed by atoms with Gasteiger partial charge in [-0.25, -0.2) is 0 Å². The molecule has 0 N–H and O–H groups in total. The molecule has 0 aromatic rings. The van der Waals surface area contributed by atoms with Crippen molar-refractivity contribution in [2.45, 2.75) is 20.8 Å². The van der Waals surface area contributed by atoms with E-state index >= 15 is 0 Å². The SMILES string of the molecule is C=C(C)/C=C(/C)C(=C)C. The van der Waals surface area contributed by atoms with Gasteiger partial charge in [-0.3, -0.25) is 0 Å². The first-order chi connectivity index (χ1) is 4.04. The molecular formula is C9H14. The van der Waals surface area contributed by atoms with Crippen molar-refractivity contribution >= 4 is 0 Å². The zero-order valence-electron chi connectivity index (χ0n) is 6.49. The van der Waals surface area contributed by atoms with Gasteiger partial charge >= 0.3 is 0 Å². The van der Waals surface area contributed by atoms with E-state index in [0.29, 0.717) is 0 Å². The fraction of sp³-hybridized carbons (Fsp3) is 0.333. The lowest BCUT2D eigenvalue weighted by Crippen LogP contribution is -1.75. The summed E-state index contributed by atoms with van der Waals surface area (Å²) in [5.41, 5.74) is 3.40. The number of allylic oxidation sites excluding steroid dienone is 4. The third-order valence-electron chi connectivity index (χ3n) is 1.14. The Balaban J connectivity index is 4.17. The molecule has 0 rings (SSSR count). The molecule has 0 aromatic carbocycles. The summed E-state index contributed by atoms with van der Waals surface area (Å²) in [5, 5.41) is 0. The average molecular weight is 122 g/mol. The molecule has 0 aliphatic heterocycles. The summed E-state index contributed by atoms with van der Waals surface area (Å²) < 4.78 is 0. The summed E-state index contributed by atoms with van der Waals surface area (Å²) >= 11 is 0. The molecule has 0 spiro atoms. The maximum Gasteiger partial charge on any atom is -0.0395 e.